The van der Waals surface area contributed by atoms with E-state index in [9.17, 15) is 27.9 Å². The highest BCUT2D eigenvalue weighted by Gasteiger charge is 2.34. The molecule has 1 atom stereocenters. The van der Waals surface area contributed by atoms with Crippen LogP contribution in [0.2, 0.25) is 10.0 Å². The van der Waals surface area contributed by atoms with E-state index in [0.717, 1.165) is 17.2 Å². The highest BCUT2D eigenvalue weighted by Crippen LogP contribution is 2.34. The molecule has 0 bridgehead atoms. The molecule has 1 unspecified atom stereocenters. The number of hydrogen-bond donors (Lipinski definition) is 2. The Bertz CT molecular complexity index is 1370. The second kappa shape index (κ2) is 17.8. The van der Waals surface area contributed by atoms with Crippen molar-refractivity contribution in [1.82, 2.24) is 4.90 Å². The average molecular weight is 672 g/mol. The summed E-state index contributed by atoms with van der Waals surface area (Å²) >= 11 is 12.0. The molecule has 2 N–H and O–H groups in total. The summed E-state index contributed by atoms with van der Waals surface area (Å²) < 4.78 is 57.2. The van der Waals surface area contributed by atoms with Crippen LogP contribution in [0.15, 0.2) is 66.7 Å². The number of carbonyl (C=O) groups excluding carboxylic acids is 1. The van der Waals surface area contributed by atoms with Crippen molar-refractivity contribution in [3.8, 4) is 5.75 Å². The molecule has 0 spiro atoms. The van der Waals surface area contributed by atoms with Crippen molar-refractivity contribution in [2.45, 2.75) is 45.1 Å². The minimum Gasteiger partial charge on any atom is -0.492 e. The van der Waals surface area contributed by atoms with Crippen LogP contribution >= 0.6 is 23.2 Å². The second-order valence-electron chi connectivity index (χ2n) is 9.98. The number of para-hydroxylation sites is 1. The van der Waals surface area contributed by atoms with Crippen LogP contribution in [0.5, 0.6) is 5.75 Å². The maximum atomic E-state index is 13.5. The van der Waals surface area contributed by atoms with Gasteiger partial charge in [0.15, 0.2) is 6.10 Å². The number of ether oxygens (including phenoxy) is 3. The summed E-state index contributed by atoms with van der Waals surface area (Å²) in [7, 11) is 0. The third-order valence-electron chi connectivity index (χ3n) is 6.54. The fourth-order valence-electron chi connectivity index (χ4n) is 4.37. The van der Waals surface area contributed by atoms with Gasteiger partial charge < -0.3 is 29.5 Å². The fraction of sp³-hybridized carbons (Fsp3) is 0.375. The van der Waals surface area contributed by atoms with Crippen molar-refractivity contribution >= 4 is 40.9 Å². The Labute approximate surface area is 270 Å². The maximum absolute atomic E-state index is 13.5. The van der Waals surface area contributed by atoms with E-state index in [-0.39, 0.29) is 38.4 Å². The molecule has 0 fully saturated rings. The number of carbonyl (C=O) groups is 2. The molecule has 0 saturated heterocycles. The van der Waals surface area contributed by atoms with E-state index in [4.69, 9.17) is 37.4 Å². The number of nitrogens with one attached hydrogen (secondary N) is 1. The number of amides is 2. The van der Waals surface area contributed by atoms with Crippen LogP contribution in [-0.2, 0) is 33.5 Å². The Morgan fingerprint density at radius 2 is 1.62 bits per heavy atom. The number of alkyl halides is 3. The van der Waals surface area contributed by atoms with Crippen LogP contribution in [0.4, 0.5) is 23.7 Å². The molecule has 0 radical (unpaired) electrons. The molecule has 3 rings (SSSR count). The molecule has 8 nitrogen and oxygen atoms in total. The number of unbranched alkanes of at least 4 members (excludes halogenated alkanes) is 1. The fourth-order valence-corrected chi connectivity index (χ4v) is 4.94. The Morgan fingerprint density at radius 1 is 0.933 bits per heavy atom. The third kappa shape index (κ3) is 12.4. The van der Waals surface area contributed by atoms with Crippen LogP contribution < -0.4 is 10.1 Å². The number of aliphatic carboxylic acids is 1. The lowest BCUT2D eigenvalue weighted by Gasteiger charge is -2.24. The van der Waals surface area contributed by atoms with Gasteiger partial charge in [-0.3, -0.25) is 0 Å². The first-order valence-electron chi connectivity index (χ1n) is 14.3. The monoisotopic (exact) mass is 670 g/mol. The molecule has 45 heavy (non-hydrogen) atoms. The average Bonchev–Trinajstić information content (AvgIpc) is 2.97. The first-order chi connectivity index (χ1) is 21.5. The SMILES string of the molecule is CCOC(Cc1ccc(OCCN(CCCCOCc2cc(Cl)cc(Cl)c2)C(=O)Nc2ccccc2C(F)(F)F)cc1)C(=O)O. The van der Waals surface area contributed by atoms with Gasteiger partial charge in [-0.05, 0) is 73.4 Å². The van der Waals surface area contributed by atoms with E-state index in [1.165, 1.54) is 23.1 Å². The van der Waals surface area contributed by atoms with Gasteiger partial charge in [-0.1, -0.05) is 47.5 Å². The zero-order valence-electron chi connectivity index (χ0n) is 24.6. The zero-order valence-corrected chi connectivity index (χ0v) is 26.1. The largest absolute Gasteiger partial charge is 0.492 e. The van der Waals surface area contributed by atoms with Gasteiger partial charge >= 0.3 is 18.2 Å². The maximum Gasteiger partial charge on any atom is 0.418 e. The van der Waals surface area contributed by atoms with E-state index < -0.39 is 29.8 Å². The Morgan fingerprint density at radius 3 is 2.27 bits per heavy atom. The number of carboxylic acids is 1. The van der Waals surface area contributed by atoms with E-state index in [0.29, 0.717) is 41.9 Å². The Balaban J connectivity index is 1.57. The third-order valence-corrected chi connectivity index (χ3v) is 6.97. The first-order valence-corrected chi connectivity index (χ1v) is 15.0. The molecule has 13 heteroatoms. The summed E-state index contributed by atoms with van der Waals surface area (Å²) in [5, 5.41) is 12.7. The van der Waals surface area contributed by atoms with Gasteiger partial charge in [0.2, 0.25) is 0 Å². The molecular weight excluding hydrogens is 636 g/mol. The van der Waals surface area contributed by atoms with Gasteiger partial charge in [0, 0.05) is 36.2 Å². The highest BCUT2D eigenvalue weighted by molar-refractivity contribution is 6.34. The highest BCUT2D eigenvalue weighted by atomic mass is 35.5. The zero-order chi connectivity index (χ0) is 32.8. The van der Waals surface area contributed by atoms with Crippen LogP contribution in [-0.4, -0.2) is 61.0 Å². The van der Waals surface area contributed by atoms with E-state index >= 15 is 0 Å². The quantitative estimate of drug-likeness (QED) is 0.142. The lowest BCUT2D eigenvalue weighted by atomic mass is 10.1. The van der Waals surface area contributed by atoms with Gasteiger partial charge in [0.1, 0.15) is 12.4 Å². The molecule has 2 amide bonds. The van der Waals surface area contributed by atoms with Crippen LogP contribution in [0, 0.1) is 0 Å². The first kappa shape index (κ1) is 36.0. The molecule has 0 heterocycles. The number of carboxylic acid groups (broad SMARTS) is 1. The molecule has 0 aromatic heterocycles. The number of anilines is 1. The lowest BCUT2D eigenvalue weighted by molar-refractivity contribution is -0.150. The summed E-state index contributed by atoms with van der Waals surface area (Å²) in [6.07, 6.45) is -4.31. The van der Waals surface area contributed by atoms with E-state index in [1.54, 1.807) is 49.4 Å². The van der Waals surface area contributed by atoms with Crippen molar-refractivity contribution in [2.75, 3.05) is 38.2 Å². The molecule has 0 aliphatic heterocycles. The number of benzene rings is 3. The summed E-state index contributed by atoms with van der Waals surface area (Å²) in [6, 6.07) is 16.0. The Hall–Kier alpha value is -3.51. The van der Waals surface area contributed by atoms with Gasteiger partial charge in [-0.2, -0.15) is 13.2 Å². The van der Waals surface area contributed by atoms with Gasteiger partial charge in [0.05, 0.1) is 24.4 Å². The van der Waals surface area contributed by atoms with Gasteiger partial charge in [-0.15, -0.1) is 0 Å². The van der Waals surface area contributed by atoms with Crippen molar-refractivity contribution < 1.29 is 42.1 Å². The minimum atomic E-state index is -4.64. The predicted octanol–water partition coefficient (Wildman–Crippen LogP) is 7.95. The van der Waals surface area contributed by atoms with Crippen LogP contribution in [0.25, 0.3) is 0 Å². The molecule has 3 aromatic carbocycles. The molecule has 0 aliphatic carbocycles. The minimum absolute atomic E-state index is 0.0659. The van der Waals surface area contributed by atoms with Crippen LogP contribution in [0.3, 0.4) is 0 Å². The standard InChI is InChI=1S/C32H35Cl2F3N2O6/c1-2-44-29(30(40)41)19-22-9-11-26(12-10-22)45-16-14-39(31(42)38-28-8-4-3-7-27(28)32(35,36)37)13-5-6-15-43-21-23-17-24(33)20-25(34)18-23/h3-4,7-12,17-18,20,29H,2,5-6,13-16,19,21H2,1H3,(H,38,42)(H,40,41). The van der Waals surface area contributed by atoms with E-state index in [2.05, 4.69) is 5.32 Å². The number of rotatable bonds is 17. The molecule has 0 saturated carbocycles. The van der Waals surface area contributed by atoms with Gasteiger partial charge in [0.25, 0.3) is 0 Å². The lowest BCUT2D eigenvalue weighted by Crippen LogP contribution is -2.39. The summed E-state index contributed by atoms with van der Waals surface area (Å²) in [6.45, 7) is 3.07. The predicted molar refractivity (Wildman–Crippen MR) is 166 cm³/mol. The number of hydrogen-bond acceptors (Lipinski definition) is 5. The normalized spacial score (nSPS) is 12.0. The van der Waals surface area contributed by atoms with Crippen molar-refractivity contribution in [2.24, 2.45) is 0 Å². The molecule has 0 aliphatic rings. The van der Waals surface area contributed by atoms with Crippen LogP contribution in [0.1, 0.15) is 36.5 Å². The summed E-state index contributed by atoms with van der Waals surface area (Å²) in [4.78, 5) is 25.9. The van der Waals surface area contributed by atoms with E-state index in [1.807, 2.05) is 0 Å². The number of nitrogens with zero attached hydrogens (tertiary/aromatic N) is 1. The second-order valence-corrected chi connectivity index (χ2v) is 10.8. The van der Waals surface area contributed by atoms with Crippen molar-refractivity contribution in [3.63, 3.8) is 0 Å². The van der Waals surface area contributed by atoms with Crippen molar-refractivity contribution in [3.05, 3.63) is 93.5 Å². The summed E-state index contributed by atoms with van der Waals surface area (Å²) in [5.41, 5.74) is 0.275. The summed E-state index contributed by atoms with van der Waals surface area (Å²) in [5.74, 6) is -0.565. The van der Waals surface area contributed by atoms with Crippen molar-refractivity contribution in [1.29, 1.82) is 0 Å². The number of urea groups is 1. The molecular formula is C32H35Cl2F3N2O6. The molecule has 3 aromatic rings. The molecule has 244 valence electrons. The Kier molecular flexibility index (Phi) is 14.3. The number of halogens is 5. The van der Waals surface area contributed by atoms with Gasteiger partial charge in [-0.25, -0.2) is 9.59 Å². The smallest absolute Gasteiger partial charge is 0.418 e. The topological polar surface area (TPSA) is 97.3 Å².